The lowest BCUT2D eigenvalue weighted by Gasteiger charge is -2.12. The third kappa shape index (κ3) is 8.35. The molecule has 2 heteroatoms. The van der Waals surface area contributed by atoms with Crippen molar-refractivity contribution in [2.24, 2.45) is 5.92 Å². The maximum absolute atomic E-state index is 3.48. The molecule has 0 saturated heterocycles. The number of rotatable bonds is 6. The summed E-state index contributed by atoms with van der Waals surface area (Å²) in [6, 6.07) is 0.660. The SMILES string of the molecule is CC(C)CCNC(C)CCBr. The molecular formula is C9H20BrN. The van der Waals surface area contributed by atoms with E-state index < -0.39 is 0 Å². The molecule has 0 spiro atoms. The summed E-state index contributed by atoms with van der Waals surface area (Å²) >= 11 is 3.43. The van der Waals surface area contributed by atoms with E-state index in [-0.39, 0.29) is 0 Å². The molecule has 0 radical (unpaired) electrons. The van der Waals surface area contributed by atoms with Crippen molar-refractivity contribution in [3.8, 4) is 0 Å². The summed E-state index contributed by atoms with van der Waals surface area (Å²) in [6.45, 7) is 7.92. The molecule has 68 valence electrons. The molecule has 0 heterocycles. The van der Waals surface area contributed by atoms with Crippen LogP contribution in [-0.4, -0.2) is 17.9 Å². The predicted octanol–water partition coefficient (Wildman–Crippen LogP) is 2.80. The lowest BCUT2D eigenvalue weighted by atomic mass is 10.1. The maximum atomic E-state index is 3.48. The molecule has 1 atom stereocenters. The molecule has 0 aromatic carbocycles. The van der Waals surface area contributed by atoms with E-state index in [9.17, 15) is 0 Å². The van der Waals surface area contributed by atoms with Crippen molar-refractivity contribution in [2.75, 3.05) is 11.9 Å². The quantitative estimate of drug-likeness (QED) is 0.681. The molecular weight excluding hydrogens is 202 g/mol. The molecule has 0 aromatic heterocycles. The van der Waals surface area contributed by atoms with Crippen LogP contribution in [0.1, 0.15) is 33.6 Å². The van der Waals surface area contributed by atoms with E-state index in [4.69, 9.17) is 0 Å². The number of halogens is 1. The first-order chi connectivity index (χ1) is 5.16. The highest BCUT2D eigenvalue weighted by molar-refractivity contribution is 9.09. The first kappa shape index (κ1) is 11.4. The average molecular weight is 222 g/mol. The lowest BCUT2D eigenvalue weighted by Crippen LogP contribution is -2.27. The van der Waals surface area contributed by atoms with E-state index in [2.05, 4.69) is 42.0 Å². The zero-order valence-corrected chi connectivity index (χ0v) is 9.45. The van der Waals surface area contributed by atoms with Crippen LogP contribution in [0.2, 0.25) is 0 Å². The van der Waals surface area contributed by atoms with Gasteiger partial charge in [0.25, 0.3) is 0 Å². The Morgan fingerprint density at radius 3 is 2.27 bits per heavy atom. The van der Waals surface area contributed by atoms with Gasteiger partial charge in [-0.3, -0.25) is 0 Å². The monoisotopic (exact) mass is 221 g/mol. The van der Waals surface area contributed by atoms with Crippen LogP contribution in [0.15, 0.2) is 0 Å². The number of nitrogens with one attached hydrogen (secondary N) is 1. The number of hydrogen-bond acceptors (Lipinski definition) is 1. The van der Waals surface area contributed by atoms with Crippen LogP contribution in [0.25, 0.3) is 0 Å². The highest BCUT2D eigenvalue weighted by Gasteiger charge is 1.99. The van der Waals surface area contributed by atoms with Gasteiger partial charge in [0.05, 0.1) is 0 Å². The van der Waals surface area contributed by atoms with Crippen LogP contribution in [0.4, 0.5) is 0 Å². The van der Waals surface area contributed by atoms with Gasteiger partial charge in [0.2, 0.25) is 0 Å². The molecule has 1 N–H and O–H groups in total. The summed E-state index contributed by atoms with van der Waals surface area (Å²) in [4.78, 5) is 0. The fraction of sp³-hybridized carbons (Fsp3) is 1.00. The van der Waals surface area contributed by atoms with Gasteiger partial charge in [0.15, 0.2) is 0 Å². The topological polar surface area (TPSA) is 12.0 Å². The fourth-order valence-electron chi connectivity index (χ4n) is 0.884. The van der Waals surface area contributed by atoms with Gasteiger partial charge >= 0.3 is 0 Å². The van der Waals surface area contributed by atoms with Crippen LogP contribution < -0.4 is 5.32 Å². The Balaban J connectivity index is 3.10. The molecule has 0 aromatic rings. The summed E-state index contributed by atoms with van der Waals surface area (Å²) in [7, 11) is 0. The second-order valence-electron chi connectivity index (χ2n) is 3.52. The highest BCUT2D eigenvalue weighted by atomic mass is 79.9. The molecule has 0 bridgehead atoms. The number of alkyl halides is 1. The van der Waals surface area contributed by atoms with Gasteiger partial charge in [-0.15, -0.1) is 0 Å². The van der Waals surface area contributed by atoms with E-state index >= 15 is 0 Å². The van der Waals surface area contributed by atoms with Crippen LogP contribution in [0.5, 0.6) is 0 Å². The van der Waals surface area contributed by atoms with Crippen LogP contribution in [0, 0.1) is 5.92 Å². The van der Waals surface area contributed by atoms with Crippen molar-refractivity contribution in [3.63, 3.8) is 0 Å². The van der Waals surface area contributed by atoms with E-state index in [1.165, 1.54) is 12.8 Å². The Labute approximate surface area is 79.1 Å². The van der Waals surface area contributed by atoms with Crippen LogP contribution >= 0.6 is 15.9 Å². The highest BCUT2D eigenvalue weighted by Crippen LogP contribution is 1.99. The van der Waals surface area contributed by atoms with Crippen molar-refractivity contribution in [1.29, 1.82) is 0 Å². The first-order valence-electron chi connectivity index (χ1n) is 4.46. The molecule has 0 aliphatic carbocycles. The van der Waals surface area contributed by atoms with E-state index in [1.807, 2.05) is 0 Å². The molecule has 0 fully saturated rings. The Bertz CT molecular complexity index is 83.6. The second kappa shape index (κ2) is 7.11. The third-order valence-electron chi connectivity index (χ3n) is 1.76. The standard InChI is InChI=1S/C9H20BrN/c1-8(2)5-7-11-9(3)4-6-10/h8-9,11H,4-7H2,1-3H3. The van der Waals surface area contributed by atoms with E-state index in [1.54, 1.807) is 0 Å². The Morgan fingerprint density at radius 1 is 1.18 bits per heavy atom. The minimum absolute atomic E-state index is 0.660. The van der Waals surface area contributed by atoms with Crippen molar-refractivity contribution in [3.05, 3.63) is 0 Å². The Morgan fingerprint density at radius 2 is 1.82 bits per heavy atom. The van der Waals surface area contributed by atoms with Gasteiger partial charge in [-0.05, 0) is 32.2 Å². The maximum Gasteiger partial charge on any atom is 0.00466 e. The van der Waals surface area contributed by atoms with Crippen molar-refractivity contribution in [1.82, 2.24) is 5.32 Å². The molecule has 11 heavy (non-hydrogen) atoms. The molecule has 0 aliphatic rings. The lowest BCUT2D eigenvalue weighted by molar-refractivity contribution is 0.482. The molecule has 0 saturated carbocycles. The van der Waals surface area contributed by atoms with Gasteiger partial charge in [-0.25, -0.2) is 0 Å². The molecule has 0 aliphatic heterocycles. The minimum atomic E-state index is 0.660. The van der Waals surface area contributed by atoms with Gasteiger partial charge in [0.1, 0.15) is 0 Å². The molecule has 1 nitrogen and oxygen atoms in total. The summed E-state index contributed by atoms with van der Waals surface area (Å²) in [5.41, 5.74) is 0. The summed E-state index contributed by atoms with van der Waals surface area (Å²) < 4.78 is 0. The molecule has 0 amide bonds. The van der Waals surface area contributed by atoms with Crippen molar-refractivity contribution >= 4 is 15.9 Å². The average Bonchev–Trinajstić information content (AvgIpc) is 1.87. The molecule has 0 rings (SSSR count). The van der Waals surface area contributed by atoms with E-state index in [0.29, 0.717) is 6.04 Å². The van der Waals surface area contributed by atoms with Crippen molar-refractivity contribution in [2.45, 2.75) is 39.7 Å². The largest absolute Gasteiger partial charge is 0.314 e. The normalized spacial score (nSPS) is 13.9. The summed E-state index contributed by atoms with van der Waals surface area (Å²) in [5, 5.41) is 4.58. The first-order valence-corrected chi connectivity index (χ1v) is 5.58. The Hall–Kier alpha value is 0.440. The zero-order chi connectivity index (χ0) is 8.69. The smallest absolute Gasteiger partial charge is 0.00466 e. The van der Waals surface area contributed by atoms with Gasteiger partial charge in [0, 0.05) is 11.4 Å². The van der Waals surface area contributed by atoms with Crippen LogP contribution in [-0.2, 0) is 0 Å². The fourth-order valence-corrected chi connectivity index (χ4v) is 1.57. The zero-order valence-electron chi connectivity index (χ0n) is 7.86. The minimum Gasteiger partial charge on any atom is -0.314 e. The van der Waals surface area contributed by atoms with Gasteiger partial charge < -0.3 is 5.32 Å². The van der Waals surface area contributed by atoms with Gasteiger partial charge in [-0.1, -0.05) is 29.8 Å². The number of hydrogen-bond donors (Lipinski definition) is 1. The van der Waals surface area contributed by atoms with E-state index in [0.717, 1.165) is 17.8 Å². The second-order valence-corrected chi connectivity index (χ2v) is 4.31. The predicted molar refractivity (Wildman–Crippen MR) is 55.3 cm³/mol. The molecule has 1 unspecified atom stereocenters. The van der Waals surface area contributed by atoms with Crippen LogP contribution in [0.3, 0.4) is 0 Å². The Kier molecular flexibility index (Phi) is 7.39. The summed E-state index contributed by atoms with van der Waals surface area (Å²) in [6.07, 6.45) is 2.50. The summed E-state index contributed by atoms with van der Waals surface area (Å²) in [5.74, 6) is 0.818. The third-order valence-corrected chi connectivity index (χ3v) is 2.21. The van der Waals surface area contributed by atoms with Gasteiger partial charge in [-0.2, -0.15) is 0 Å². The van der Waals surface area contributed by atoms with Crippen molar-refractivity contribution < 1.29 is 0 Å².